The lowest BCUT2D eigenvalue weighted by molar-refractivity contribution is 0.116. The monoisotopic (exact) mass is 193 g/mol. The van der Waals surface area contributed by atoms with Crippen LogP contribution in [0.25, 0.3) is 0 Å². The van der Waals surface area contributed by atoms with Crippen LogP contribution < -0.4 is 0 Å². The van der Waals surface area contributed by atoms with Crippen LogP contribution in [-0.4, -0.2) is 48.6 Å². The molecule has 1 atom stereocenters. The minimum Gasteiger partial charge on any atom is -0.303 e. The molecule has 0 aromatic heterocycles. The van der Waals surface area contributed by atoms with Crippen molar-refractivity contribution in [2.24, 2.45) is 0 Å². The van der Waals surface area contributed by atoms with Gasteiger partial charge >= 0.3 is 0 Å². The van der Waals surface area contributed by atoms with E-state index in [9.17, 15) is 5.26 Å². The van der Waals surface area contributed by atoms with E-state index in [1.54, 1.807) is 0 Å². The highest BCUT2D eigenvalue weighted by Gasteiger charge is 2.42. The zero-order valence-corrected chi connectivity index (χ0v) is 9.00. The molecule has 0 amide bonds. The fraction of sp³-hybridized carbons (Fsp3) is 0.909. The third kappa shape index (κ3) is 1.65. The maximum Gasteiger partial charge on any atom is 0.123 e. The zero-order valence-electron chi connectivity index (χ0n) is 9.00. The van der Waals surface area contributed by atoms with Crippen molar-refractivity contribution in [1.82, 2.24) is 9.80 Å². The minimum atomic E-state index is -0.158. The molecule has 0 N–H and O–H groups in total. The smallest absolute Gasteiger partial charge is 0.123 e. The molecule has 2 fully saturated rings. The molecule has 3 heteroatoms. The van der Waals surface area contributed by atoms with Crippen LogP contribution in [0.4, 0.5) is 0 Å². The highest BCUT2D eigenvalue weighted by atomic mass is 15.3. The maximum absolute atomic E-state index is 9.37. The van der Waals surface area contributed by atoms with E-state index in [1.165, 1.54) is 19.3 Å². The van der Waals surface area contributed by atoms with Gasteiger partial charge in [-0.15, -0.1) is 0 Å². The highest BCUT2D eigenvalue weighted by molar-refractivity contribution is 5.13. The Morgan fingerprint density at radius 1 is 1.14 bits per heavy atom. The molecule has 2 saturated heterocycles. The first-order chi connectivity index (χ1) is 6.77. The Morgan fingerprint density at radius 2 is 1.86 bits per heavy atom. The highest BCUT2D eigenvalue weighted by Crippen LogP contribution is 2.29. The van der Waals surface area contributed by atoms with Crippen LogP contribution in [0, 0.1) is 11.3 Å². The van der Waals surface area contributed by atoms with Crippen molar-refractivity contribution in [3.63, 3.8) is 0 Å². The summed E-state index contributed by atoms with van der Waals surface area (Å²) >= 11 is 0. The first-order valence-corrected chi connectivity index (χ1v) is 5.62. The zero-order chi connectivity index (χ0) is 10.0. The lowest BCUT2D eigenvalue weighted by Gasteiger charge is -2.38. The molecule has 0 spiro atoms. The fourth-order valence-electron chi connectivity index (χ4n) is 2.72. The van der Waals surface area contributed by atoms with Crippen molar-refractivity contribution in [2.75, 3.05) is 33.2 Å². The Kier molecular flexibility index (Phi) is 2.76. The minimum absolute atomic E-state index is 0.158. The van der Waals surface area contributed by atoms with E-state index in [2.05, 4.69) is 22.9 Å². The summed E-state index contributed by atoms with van der Waals surface area (Å²) in [5.74, 6) is 0. The Bertz CT molecular complexity index is 239. The van der Waals surface area contributed by atoms with Gasteiger partial charge in [0, 0.05) is 13.1 Å². The summed E-state index contributed by atoms with van der Waals surface area (Å²) in [6, 6.07) is 2.56. The standard InChI is InChI=1S/C11H19N3/c1-13-8-5-11(9-12,10-13)14-6-3-2-4-7-14/h2-8,10H2,1H3. The first kappa shape index (κ1) is 9.95. The molecule has 14 heavy (non-hydrogen) atoms. The Hall–Kier alpha value is -0.590. The predicted octanol–water partition coefficient (Wildman–Crippen LogP) is 1.07. The number of hydrogen-bond donors (Lipinski definition) is 0. The summed E-state index contributed by atoms with van der Waals surface area (Å²) in [6.45, 7) is 4.26. The van der Waals surface area contributed by atoms with Crippen LogP contribution in [-0.2, 0) is 0 Å². The van der Waals surface area contributed by atoms with E-state index in [1.807, 2.05) is 0 Å². The van der Waals surface area contributed by atoms with Crippen molar-refractivity contribution in [1.29, 1.82) is 5.26 Å². The molecule has 2 rings (SSSR count). The number of piperidine rings is 1. The second kappa shape index (κ2) is 3.88. The van der Waals surface area contributed by atoms with Gasteiger partial charge in [0.2, 0.25) is 0 Å². The van der Waals surface area contributed by atoms with Gasteiger partial charge in [-0.25, -0.2) is 0 Å². The van der Waals surface area contributed by atoms with E-state index < -0.39 is 0 Å². The topological polar surface area (TPSA) is 30.3 Å². The normalized spacial score (nSPS) is 35.7. The quantitative estimate of drug-likeness (QED) is 0.624. The largest absolute Gasteiger partial charge is 0.303 e. The van der Waals surface area contributed by atoms with Gasteiger partial charge in [0.25, 0.3) is 0 Å². The maximum atomic E-state index is 9.37. The van der Waals surface area contributed by atoms with Crippen molar-refractivity contribution in [3.8, 4) is 6.07 Å². The Balaban J connectivity index is 2.08. The summed E-state index contributed by atoms with van der Waals surface area (Å²) in [7, 11) is 2.11. The van der Waals surface area contributed by atoms with Crippen molar-refractivity contribution in [2.45, 2.75) is 31.2 Å². The van der Waals surface area contributed by atoms with Gasteiger partial charge in [-0.3, -0.25) is 4.90 Å². The second-order valence-corrected chi connectivity index (χ2v) is 4.68. The number of rotatable bonds is 1. The number of nitriles is 1. The molecule has 0 saturated carbocycles. The van der Waals surface area contributed by atoms with Gasteiger partial charge < -0.3 is 4.90 Å². The predicted molar refractivity (Wildman–Crippen MR) is 55.9 cm³/mol. The van der Waals surface area contributed by atoms with Gasteiger partial charge in [0.1, 0.15) is 5.54 Å². The molecular weight excluding hydrogens is 174 g/mol. The lowest BCUT2D eigenvalue weighted by Crippen LogP contribution is -2.51. The average Bonchev–Trinajstić information content (AvgIpc) is 2.63. The van der Waals surface area contributed by atoms with Crippen LogP contribution in [0.5, 0.6) is 0 Å². The third-order valence-electron chi connectivity index (χ3n) is 3.61. The Labute approximate surface area is 86.3 Å². The van der Waals surface area contributed by atoms with Gasteiger partial charge in [-0.2, -0.15) is 5.26 Å². The van der Waals surface area contributed by atoms with Crippen LogP contribution in [0.1, 0.15) is 25.7 Å². The van der Waals surface area contributed by atoms with Crippen LogP contribution >= 0.6 is 0 Å². The number of likely N-dealkylation sites (N-methyl/N-ethyl adjacent to an activating group) is 1. The molecule has 0 radical (unpaired) electrons. The first-order valence-electron chi connectivity index (χ1n) is 5.62. The number of hydrogen-bond acceptors (Lipinski definition) is 3. The van der Waals surface area contributed by atoms with E-state index in [0.29, 0.717) is 0 Å². The van der Waals surface area contributed by atoms with Gasteiger partial charge in [-0.1, -0.05) is 6.42 Å². The van der Waals surface area contributed by atoms with Crippen LogP contribution in [0.2, 0.25) is 0 Å². The van der Waals surface area contributed by atoms with E-state index in [4.69, 9.17) is 0 Å². The van der Waals surface area contributed by atoms with Crippen molar-refractivity contribution >= 4 is 0 Å². The van der Waals surface area contributed by atoms with Gasteiger partial charge in [0.15, 0.2) is 0 Å². The van der Waals surface area contributed by atoms with Gasteiger partial charge in [-0.05, 0) is 39.4 Å². The molecule has 3 nitrogen and oxygen atoms in total. The fourth-order valence-corrected chi connectivity index (χ4v) is 2.72. The molecule has 0 aromatic carbocycles. The van der Waals surface area contributed by atoms with Gasteiger partial charge in [0.05, 0.1) is 6.07 Å². The average molecular weight is 193 g/mol. The molecule has 2 aliphatic heterocycles. The van der Waals surface area contributed by atoms with E-state index in [-0.39, 0.29) is 5.54 Å². The van der Waals surface area contributed by atoms with E-state index >= 15 is 0 Å². The van der Waals surface area contributed by atoms with Crippen molar-refractivity contribution in [3.05, 3.63) is 0 Å². The van der Waals surface area contributed by atoms with Crippen molar-refractivity contribution < 1.29 is 0 Å². The van der Waals surface area contributed by atoms with Crippen LogP contribution in [0.3, 0.4) is 0 Å². The summed E-state index contributed by atoms with van der Waals surface area (Å²) in [5.41, 5.74) is -0.158. The van der Waals surface area contributed by atoms with Crippen LogP contribution in [0.15, 0.2) is 0 Å². The number of likely N-dealkylation sites (tertiary alicyclic amines) is 2. The summed E-state index contributed by atoms with van der Waals surface area (Å²) in [6.07, 6.45) is 4.91. The molecule has 0 aromatic rings. The van der Waals surface area contributed by atoms with E-state index in [0.717, 1.165) is 32.6 Å². The summed E-state index contributed by atoms with van der Waals surface area (Å²) in [4.78, 5) is 4.69. The molecule has 0 bridgehead atoms. The molecule has 2 heterocycles. The molecule has 1 unspecified atom stereocenters. The summed E-state index contributed by atoms with van der Waals surface area (Å²) in [5, 5.41) is 9.37. The molecule has 78 valence electrons. The molecular formula is C11H19N3. The SMILES string of the molecule is CN1CCC(C#N)(N2CCCCC2)C1. The summed E-state index contributed by atoms with van der Waals surface area (Å²) < 4.78 is 0. The third-order valence-corrected chi connectivity index (χ3v) is 3.61. The molecule has 0 aliphatic carbocycles. The molecule has 2 aliphatic rings. The Morgan fingerprint density at radius 3 is 2.36 bits per heavy atom. The number of nitrogens with zero attached hydrogens (tertiary/aromatic N) is 3. The lowest BCUT2D eigenvalue weighted by atomic mass is 9.95. The second-order valence-electron chi connectivity index (χ2n) is 4.68.